The van der Waals surface area contributed by atoms with E-state index in [2.05, 4.69) is 32.3 Å². The van der Waals surface area contributed by atoms with E-state index in [0.717, 1.165) is 26.1 Å². The van der Waals surface area contributed by atoms with Crippen molar-refractivity contribution in [3.63, 3.8) is 0 Å². The van der Waals surface area contributed by atoms with Crippen LogP contribution in [-0.4, -0.2) is 64.2 Å². The summed E-state index contributed by atoms with van der Waals surface area (Å²) >= 11 is 0. The number of hydrogen-bond donors (Lipinski definition) is 1. The quantitative estimate of drug-likeness (QED) is 0.857. The van der Waals surface area contributed by atoms with Crippen LogP contribution in [0.1, 0.15) is 19.2 Å². The van der Waals surface area contributed by atoms with Crippen LogP contribution >= 0.6 is 0 Å². The van der Waals surface area contributed by atoms with Gasteiger partial charge in [-0.15, -0.1) is 0 Å². The molecule has 0 spiro atoms. The zero-order valence-electron chi connectivity index (χ0n) is 14.7. The molecule has 25 heavy (non-hydrogen) atoms. The van der Waals surface area contributed by atoms with Crippen molar-refractivity contribution in [3.05, 3.63) is 30.3 Å². The lowest BCUT2D eigenvalue weighted by molar-refractivity contribution is 0.197. The number of rotatable bonds is 6. The minimum atomic E-state index is -0.132. The van der Waals surface area contributed by atoms with Gasteiger partial charge in [0.15, 0.2) is 0 Å². The molecule has 3 heterocycles. The molecule has 1 saturated heterocycles. The number of nitrogens with one attached hydrogen (secondary N) is 1. The Morgan fingerprint density at radius 1 is 1.48 bits per heavy atom. The standard InChI is InChI=1S/C17H24N6O2/c1-3-23-9-7-13(11-23)10-19-17(24)22(2)12-15-20-16(21-25-15)14-6-4-5-8-18-14/h4-6,8,13H,3,7,9-12H2,1-2H3,(H,19,24)/t13-/m1/s1. The monoisotopic (exact) mass is 344 g/mol. The van der Waals surface area contributed by atoms with Gasteiger partial charge in [0.2, 0.25) is 11.7 Å². The van der Waals surface area contributed by atoms with Crippen LogP contribution < -0.4 is 5.32 Å². The summed E-state index contributed by atoms with van der Waals surface area (Å²) in [5.41, 5.74) is 0.645. The fourth-order valence-electron chi connectivity index (χ4n) is 2.93. The second-order valence-electron chi connectivity index (χ2n) is 6.32. The van der Waals surface area contributed by atoms with E-state index in [0.29, 0.717) is 29.9 Å². The maximum absolute atomic E-state index is 12.2. The molecule has 3 rings (SSSR count). The number of amides is 2. The van der Waals surface area contributed by atoms with Gasteiger partial charge in [-0.2, -0.15) is 4.98 Å². The molecule has 1 atom stereocenters. The first-order chi connectivity index (χ1) is 12.2. The summed E-state index contributed by atoms with van der Waals surface area (Å²) < 4.78 is 5.22. The van der Waals surface area contributed by atoms with Gasteiger partial charge in [0, 0.05) is 26.3 Å². The molecule has 1 aliphatic heterocycles. The van der Waals surface area contributed by atoms with E-state index < -0.39 is 0 Å². The Labute approximate surface area is 147 Å². The highest BCUT2D eigenvalue weighted by atomic mass is 16.5. The molecule has 0 saturated carbocycles. The molecular formula is C17H24N6O2. The van der Waals surface area contributed by atoms with Crippen molar-refractivity contribution >= 4 is 6.03 Å². The van der Waals surface area contributed by atoms with Crippen molar-refractivity contribution in [1.82, 2.24) is 30.2 Å². The zero-order chi connectivity index (χ0) is 17.6. The molecule has 1 aliphatic rings. The second-order valence-corrected chi connectivity index (χ2v) is 6.32. The van der Waals surface area contributed by atoms with Crippen molar-refractivity contribution in [2.75, 3.05) is 33.2 Å². The summed E-state index contributed by atoms with van der Waals surface area (Å²) in [6.07, 6.45) is 2.81. The highest BCUT2D eigenvalue weighted by Crippen LogP contribution is 2.15. The Morgan fingerprint density at radius 3 is 3.08 bits per heavy atom. The molecule has 0 aromatic carbocycles. The predicted octanol–water partition coefficient (Wildman–Crippen LogP) is 1.61. The minimum absolute atomic E-state index is 0.132. The molecule has 0 unspecified atom stereocenters. The van der Waals surface area contributed by atoms with E-state index in [1.165, 1.54) is 0 Å². The average molecular weight is 344 g/mol. The number of nitrogens with zero attached hydrogens (tertiary/aromatic N) is 5. The number of pyridine rings is 1. The highest BCUT2D eigenvalue weighted by Gasteiger charge is 2.22. The molecule has 8 nitrogen and oxygen atoms in total. The van der Waals surface area contributed by atoms with Crippen LogP contribution in [0.15, 0.2) is 28.9 Å². The minimum Gasteiger partial charge on any atom is -0.338 e. The third-order valence-electron chi connectivity index (χ3n) is 4.44. The Hall–Kier alpha value is -2.48. The third kappa shape index (κ3) is 4.54. The van der Waals surface area contributed by atoms with Crippen LogP contribution in [-0.2, 0) is 6.54 Å². The van der Waals surface area contributed by atoms with Crippen LogP contribution in [0, 0.1) is 5.92 Å². The predicted molar refractivity (Wildman–Crippen MR) is 92.6 cm³/mol. The van der Waals surface area contributed by atoms with Crippen molar-refractivity contribution in [2.24, 2.45) is 5.92 Å². The Bertz CT molecular complexity index is 689. The third-order valence-corrected chi connectivity index (χ3v) is 4.44. The molecule has 2 amide bonds. The van der Waals surface area contributed by atoms with Crippen LogP contribution in [0.2, 0.25) is 0 Å². The number of hydrogen-bond acceptors (Lipinski definition) is 6. The van der Waals surface area contributed by atoms with E-state index in [-0.39, 0.29) is 12.6 Å². The van der Waals surface area contributed by atoms with Gasteiger partial charge >= 0.3 is 6.03 Å². The number of carbonyl (C=O) groups is 1. The van der Waals surface area contributed by atoms with Gasteiger partial charge in [-0.25, -0.2) is 4.79 Å². The molecule has 134 valence electrons. The molecule has 0 aliphatic carbocycles. The van der Waals surface area contributed by atoms with E-state index in [1.807, 2.05) is 18.2 Å². The Kier molecular flexibility index (Phi) is 5.60. The summed E-state index contributed by atoms with van der Waals surface area (Å²) in [7, 11) is 1.72. The van der Waals surface area contributed by atoms with E-state index in [1.54, 1.807) is 18.1 Å². The van der Waals surface area contributed by atoms with Crippen LogP contribution in [0.25, 0.3) is 11.5 Å². The van der Waals surface area contributed by atoms with Gasteiger partial charge in [-0.1, -0.05) is 18.1 Å². The van der Waals surface area contributed by atoms with Gasteiger partial charge in [-0.3, -0.25) is 4.98 Å². The number of likely N-dealkylation sites (tertiary alicyclic amines) is 1. The molecule has 2 aromatic rings. The first-order valence-electron chi connectivity index (χ1n) is 8.61. The molecular weight excluding hydrogens is 320 g/mol. The van der Waals surface area contributed by atoms with Gasteiger partial charge in [0.05, 0.1) is 0 Å². The van der Waals surface area contributed by atoms with Crippen LogP contribution in [0.5, 0.6) is 0 Å². The normalized spacial score (nSPS) is 17.6. The van der Waals surface area contributed by atoms with Gasteiger partial charge in [-0.05, 0) is 37.6 Å². The fraction of sp³-hybridized carbons (Fsp3) is 0.529. The van der Waals surface area contributed by atoms with E-state index >= 15 is 0 Å². The lowest BCUT2D eigenvalue weighted by Gasteiger charge is -2.18. The van der Waals surface area contributed by atoms with Crippen molar-refractivity contribution in [1.29, 1.82) is 0 Å². The lowest BCUT2D eigenvalue weighted by atomic mass is 10.1. The molecule has 2 aromatic heterocycles. The Balaban J connectivity index is 1.48. The lowest BCUT2D eigenvalue weighted by Crippen LogP contribution is -2.39. The summed E-state index contributed by atoms with van der Waals surface area (Å²) in [4.78, 5) is 24.6. The van der Waals surface area contributed by atoms with Gasteiger partial charge in [0.1, 0.15) is 12.2 Å². The number of aromatic nitrogens is 3. The summed E-state index contributed by atoms with van der Waals surface area (Å²) in [6.45, 7) is 6.36. The first kappa shape index (κ1) is 17.3. The highest BCUT2D eigenvalue weighted by molar-refractivity contribution is 5.73. The van der Waals surface area contributed by atoms with Crippen molar-refractivity contribution in [2.45, 2.75) is 19.9 Å². The number of urea groups is 1. The maximum atomic E-state index is 12.2. The maximum Gasteiger partial charge on any atom is 0.317 e. The van der Waals surface area contributed by atoms with Crippen LogP contribution in [0.4, 0.5) is 4.79 Å². The van der Waals surface area contributed by atoms with E-state index in [4.69, 9.17) is 4.52 Å². The zero-order valence-corrected chi connectivity index (χ0v) is 14.7. The topological polar surface area (TPSA) is 87.4 Å². The van der Waals surface area contributed by atoms with E-state index in [9.17, 15) is 4.79 Å². The number of carbonyl (C=O) groups excluding carboxylic acids is 1. The van der Waals surface area contributed by atoms with Gasteiger partial charge in [0.25, 0.3) is 0 Å². The molecule has 1 N–H and O–H groups in total. The summed E-state index contributed by atoms with van der Waals surface area (Å²) in [5, 5.41) is 6.90. The summed E-state index contributed by atoms with van der Waals surface area (Å²) in [5.74, 6) is 1.34. The molecule has 0 bridgehead atoms. The van der Waals surface area contributed by atoms with Gasteiger partial charge < -0.3 is 19.6 Å². The van der Waals surface area contributed by atoms with Crippen molar-refractivity contribution in [3.8, 4) is 11.5 Å². The Morgan fingerprint density at radius 2 is 2.36 bits per heavy atom. The largest absolute Gasteiger partial charge is 0.338 e. The second kappa shape index (κ2) is 8.06. The molecule has 0 radical (unpaired) electrons. The summed E-state index contributed by atoms with van der Waals surface area (Å²) in [6, 6.07) is 5.37. The molecule has 8 heteroatoms. The smallest absolute Gasteiger partial charge is 0.317 e. The average Bonchev–Trinajstić information content (AvgIpc) is 3.29. The fourth-order valence-corrected chi connectivity index (χ4v) is 2.93. The van der Waals surface area contributed by atoms with Crippen molar-refractivity contribution < 1.29 is 9.32 Å². The molecule has 1 fully saturated rings. The first-order valence-corrected chi connectivity index (χ1v) is 8.61. The van der Waals surface area contributed by atoms with Crippen LogP contribution in [0.3, 0.4) is 0 Å². The SMILES string of the molecule is CCN1CC[C@H](CNC(=O)N(C)Cc2nc(-c3ccccn3)no2)C1.